The van der Waals surface area contributed by atoms with E-state index in [4.69, 9.17) is 0 Å². The van der Waals surface area contributed by atoms with Crippen molar-refractivity contribution in [2.45, 2.75) is 12.3 Å². The number of Topliss-reactive ketones (excluding diaryl/α,β-unsaturated/α-hetero) is 1. The summed E-state index contributed by atoms with van der Waals surface area (Å²) < 4.78 is 26.1. The molecule has 1 aromatic rings. The van der Waals surface area contributed by atoms with Gasteiger partial charge in [-0.25, -0.2) is 0 Å². The van der Waals surface area contributed by atoms with Crippen LogP contribution in [0, 0.1) is 3.57 Å². The number of aromatic amines is 1. The van der Waals surface area contributed by atoms with E-state index in [1.165, 1.54) is 0 Å². The van der Waals surface area contributed by atoms with Crippen molar-refractivity contribution in [2.24, 2.45) is 0 Å². The van der Waals surface area contributed by atoms with Crippen LogP contribution >= 0.6 is 22.6 Å². The molecule has 0 radical (unpaired) electrons. The molecule has 0 saturated heterocycles. The van der Waals surface area contributed by atoms with E-state index >= 15 is 0 Å². The van der Waals surface area contributed by atoms with Crippen LogP contribution in [-0.2, 0) is 6.42 Å². The lowest BCUT2D eigenvalue weighted by Gasteiger charge is -2.03. The predicted molar refractivity (Wildman–Crippen MR) is 46.5 cm³/mol. The number of hydrogen-bond acceptors (Lipinski definition) is 1. The van der Waals surface area contributed by atoms with E-state index in [0.29, 0.717) is 9.26 Å². The van der Waals surface area contributed by atoms with Crippen LogP contribution in [0.25, 0.3) is 0 Å². The molecule has 12 heavy (non-hydrogen) atoms. The molecule has 2 rings (SSSR count). The molecule has 0 unspecified atom stereocenters. The summed E-state index contributed by atoms with van der Waals surface area (Å²) in [5, 5.41) is 0. The highest BCUT2D eigenvalue weighted by molar-refractivity contribution is 14.1. The van der Waals surface area contributed by atoms with Crippen LogP contribution in [0.15, 0.2) is 6.20 Å². The van der Waals surface area contributed by atoms with Crippen LogP contribution in [0.5, 0.6) is 0 Å². The summed E-state index contributed by atoms with van der Waals surface area (Å²) in [6, 6.07) is 0. The first kappa shape index (κ1) is 8.15. The second-order valence-corrected chi connectivity index (χ2v) is 3.86. The van der Waals surface area contributed by atoms with Gasteiger partial charge in [0.2, 0.25) is 5.78 Å². The molecule has 1 heterocycles. The van der Waals surface area contributed by atoms with Gasteiger partial charge in [-0.05, 0) is 22.6 Å². The number of alkyl halides is 2. The molecule has 1 aliphatic carbocycles. The van der Waals surface area contributed by atoms with E-state index in [0.717, 1.165) is 0 Å². The maximum atomic E-state index is 12.8. The Labute approximate surface area is 80.5 Å². The van der Waals surface area contributed by atoms with Gasteiger partial charge in [-0.15, -0.1) is 0 Å². The van der Waals surface area contributed by atoms with Crippen LogP contribution in [0.4, 0.5) is 8.78 Å². The van der Waals surface area contributed by atoms with E-state index in [2.05, 4.69) is 4.98 Å². The number of aromatic nitrogens is 1. The molecule has 0 saturated carbocycles. The molecular weight excluding hydrogens is 279 g/mol. The molecule has 0 aromatic carbocycles. The van der Waals surface area contributed by atoms with Crippen molar-refractivity contribution in [3.8, 4) is 0 Å². The van der Waals surface area contributed by atoms with Gasteiger partial charge in [-0.2, -0.15) is 8.78 Å². The molecule has 64 valence electrons. The van der Waals surface area contributed by atoms with Gasteiger partial charge >= 0.3 is 5.92 Å². The zero-order chi connectivity index (χ0) is 8.93. The van der Waals surface area contributed by atoms with Gasteiger partial charge in [0.05, 0.1) is 12.0 Å². The second kappa shape index (κ2) is 2.27. The number of nitrogens with one attached hydrogen (secondary N) is 1. The molecule has 0 amide bonds. The van der Waals surface area contributed by atoms with Gasteiger partial charge in [-0.1, -0.05) is 0 Å². The quantitative estimate of drug-likeness (QED) is 0.726. The highest BCUT2D eigenvalue weighted by atomic mass is 127. The van der Waals surface area contributed by atoms with E-state index in [1.807, 2.05) is 22.6 Å². The molecule has 1 aliphatic rings. The van der Waals surface area contributed by atoms with Gasteiger partial charge < -0.3 is 4.98 Å². The summed E-state index contributed by atoms with van der Waals surface area (Å²) >= 11 is 1.87. The SMILES string of the molecule is O=C1c2c(I)c[nH]c2CC1(F)F. The summed E-state index contributed by atoms with van der Waals surface area (Å²) in [5.41, 5.74) is 0.523. The Balaban J connectivity index is 2.59. The van der Waals surface area contributed by atoms with Gasteiger partial charge in [0.1, 0.15) is 0 Å². The fourth-order valence-corrected chi connectivity index (χ4v) is 2.04. The molecule has 0 aliphatic heterocycles. The fraction of sp³-hybridized carbons (Fsp3) is 0.286. The summed E-state index contributed by atoms with van der Waals surface area (Å²) in [6.07, 6.45) is 1.09. The van der Waals surface area contributed by atoms with Crippen LogP contribution in [0.1, 0.15) is 16.1 Å². The third kappa shape index (κ3) is 0.917. The van der Waals surface area contributed by atoms with Gasteiger partial charge in [0.25, 0.3) is 0 Å². The number of carbonyl (C=O) groups excluding carboxylic acids is 1. The van der Waals surface area contributed by atoms with E-state index in [1.54, 1.807) is 6.20 Å². The fourth-order valence-electron chi connectivity index (χ4n) is 1.31. The predicted octanol–water partition coefficient (Wildman–Crippen LogP) is 1.99. The number of hydrogen-bond donors (Lipinski definition) is 1. The van der Waals surface area contributed by atoms with Crippen LogP contribution < -0.4 is 0 Å². The zero-order valence-corrected chi connectivity index (χ0v) is 7.98. The normalized spacial score (nSPS) is 19.8. The van der Waals surface area contributed by atoms with Crippen molar-refractivity contribution < 1.29 is 13.6 Å². The molecule has 2 nitrogen and oxygen atoms in total. The molecule has 1 N–H and O–H groups in total. The largest absolute Gasteiger partial charge is 0.363 e. The minimum atomic E-state index is -3.19. The Morgan fingerprint density at radius 2 is 2.25 bits per heavy atom. The minimum Gasteiger partial charge on any atom is -0.363 e. The van der Waals surface area contributed by atoms with Crippen molar-refractivity contribution >= 4 is 28.4 Å². The monoisotopic (exact) mass is 283 g/mol. The smallest absolute Gasteiger partial charge is 0.315 e. The van der Waals surface area contributed by atoms with Gasteiger partial charge in [0.15, 0.2) is 0 Å². The molecule has 0 bridgehead atoms. The Morgan fingerprint density at radius 3 is 2.83 bits per heavy atom. The zero-order valence-electron chi connectivity index (χ0n) is 5.83. The highest BCUT2D eigenvalue weighted by Gasteiger charge is 2.48. The lowest BCUT2D eigenvalue weighted by atomic mass is 10.2. The van der Waals surface area contributed by atoms with E-state index in [9.17, 15) is 13.6 Å². The first-order valence-corrected chi connectivity index (χ1v) is 4.38. The lowest BCUT2D eigenvalue weighted by Crippen LogP contribution is -2.24. The maximum Gasteiger partial charge on any atom is 0.315 e. The van der Waals surface area contributed by atoms with Crippen LogP contribution in [-0.4, -0.2) is 16.7 Å². The number of H-pyrrole nitrogens is 1. The molecule has 1 aromatic heterocycles. The molecule has 0 atom stereocenters. The Kier molecular flexibility index (Phi) is 1.54. The molecule has 0 spiro atoms. The van der Waals surface area contributed by atoms with Crippen molar-refractivity contribution in [2.75, 3.05) is 0 Å². The summed E-state index contributed by atoms with van der Waals surface area (Å²) in [6.45, 7) is 0. The Bertz CT molecular complexity index is 358. The van der Waals surface area contributed by atoms with Crippen molar-refractivity contribution in [3.05, 3.63) is 21.0 Å². The second-order valence-electron chi connectivity index (χ2n) is 2.70. The summed E-state index contributed by atoms with van der Waals surface area (Å²) in [4.78, 5) is 13.7. The average molecular weight is 283 g/mol. The number of carbonyl (C=O) groups is 1. The van der Waals surface area contributed by atoms with E-state index < -0.39 is 18.1 Å². The van der Waals surface area contributed by atoms with Crippen molar-refractivity contribution in [3.63, 3.8) is 0 Å². The standard InChI is InChI=1S/C7H4F2INO/c8-7(9)1-4-5(6(7)12)3(10)2-11-4/h2,11H,1H2. The van der Waals surface area contributed by atoms with Crippen LogP contribution in [0.3, 0.4) is 0 Å². The highest BCUT2D eigenvalue weighted by Crippen LogP contribution is 2.35. The average Bonchev–Trinajstić information content (AvgIpc) is 2.38. The lowest BCUT2D eigenvalue weighted by molar-refractivity contribution is 0.0163. The molecule has 5 heteroatoms. The number of ketones is 1. The number of halogens is 3. The topological polar surface area (TPSA) is 32.9 Å². The molecule has 0 fully saturated rings. The van der Waals surface area contributed by atoms with Gasteiger partial charge in [0, 0.05) is 15.5 Å². The third-order valence-corrected chi connectivity index (χ3v) is 2.72. The Hall–Kier alpha value is -0.460. The first-order valence-electron chi connectivity index (χ1n) is 3.31. The first-order chi connectivity index (χ1) is 5.52. The Morgan fingerprint density at radius 1 is 1.58 bits per heavy atom. The minimum absolute atomic E-state index is 0.167. The van der Waals surface area contributed by atoms with Crippen molar-refractivity contribution in [1.82, 2.24) is 4.98 Å². The summed E-state index contributed by atoms with van der Waals surface area (Å²) in [7, 11) is 0. The number of fused-ring (bicyclic) bond motifs is 1. The van der Waals surface area contributed by atoms with Crippen molar-refractivity contribution in [1.29, 1.82) is 0 Å². The maximum absolute atomic E-state index is 12.8. The third-order valence-electron chi connectivity index (χ3n) is 1.87. The molecular formula is C7H4F2INO. The van der Waals surface area contributed by atoms with Gasteiger partial charge in [-0.3, -0.25) is 4.79 Å². The van der Waals surface area contributed by atoms with E-state index in [-0.39, 0.29) is 5.56 Å². The summed E-state index contributed by atoms with van der Waals surface area (Å²) in [5.74, 6) is -4.24. The van der Waals surface area contributed by atoms with Crippen LogP contribution in [0.2, 0.25) is 0 Å². The number of rotatable bonds is 0.